The Morgan fingerprint density at radius 3 is 2.43 bits per heavy atom. The highest BCUT2D eigenvalue weighted by atomic mass is 16.3. The highest BCUT2D eigenvalue weighted by Gasteiger charge is 2.17. The Balaban J connectivity index is 1.91. The molecule has 2 nitrogen and oxygen atoms in total. The van der Waals surface area contributed by atoms with E-state index in [1.54, 1.807) is 0 Å². The van der Waals surface area contributed by atoms with E-state index in [1.807, 2.05) is 30.3 Å². The average Bonchev–Trinajstić information content (AvgIpc) is 2.47. The van der Waals surface area contributed by atoms with Crippen molar-refractivity contribution in [3.63, 3.8) is 0 Å². The van der Waals surface area contributed by atoms with Crippen LogP contribution in [0.1, 0.15) is 29.7 Å². The van der Waals surface area contributed by atoms with Gasteiger partial charge in [0.05, 0.1) is 6.10 Å². The molecule has 0 radical (unpaired) electrons. The molecule has 2 atom stereocenters. The normalized spacial score (nSPS) is 14.1. The molecule has 0 heterocycles. The van der Waals surface area contributed by atoms with E-state index in [4.69, 9.17) is 0 Å². The fourth-order valence-corrected chi connectivity index (χ4v) is 2.76. The molecule has 2 aromatic carbocycles. The van der Waals surface area contributed by atoms with E-state index >= 15 is 0 Å². The molecular formula is C19H25NO. The maximum atomic E-state index is 10.4. The van der Waals surface area contributed by atoms with Gasteiger partial charge in [0.15, 0.2) is 0 Å². The van der Waals surface area contributed by atoms with Gasteiger partial charge in [-0.05, 0) is 31.0 Å². The maximum absolute atomic E-state index is 10.4. The summed E-state index contributed by atoms with van der Waals surface area (Å²) in [6.07, 6.45) is -0.411. The molecule has 0 amide bonds. The summed E-state index contributed by atoms with van der Waals surface area (Å²) in [6, 6.07) is 18.5. The van der Waals surface area contributed by atoms with E-state index in [9.17, 15) is 5.11 Å². The largest absolute Gasteiger partial charge is 0.388 e. The molecule has 0 aliphatic rings. The molecular weight excluding hydrogens is 258 g/mol. The lowest BCUT2D eigenvalue weighted by molar-refractivity contribution is 0.0933. The van der Waals surface area contributed by atoms with Crippen molar-refractivity contribution in [3.05, 3.63) is 71.3 Å². The van der Waals surface area contributed by atoms with Crippen LogP contribution in [0.3, 0.4) is 0 Å². The minimum Gasteiger partial charge on any atom is -0.388 e. The van der Waals surface area contributed by atoms with Crippen molar-refractivity contribution in [2.75, 3.05) is 13.6 Å². The van der Waals surface area contributed by atoms with E-state index in [0.717, 1.165) is 18.7 Å². The summed E-state index contributed by atoms with van der Waals surface area (Å²) in [4.78, 5) is 2.27. The van der Waals surface area contributed by atoms with Crippen molar-refractivity contribution < 1.29 is 5.11 Å². The van der Waals surface area contributed by atoms with Gasteiger partial charge in [0.1, 0.15) is 0 Å². The zero-order chi connectivity index (χ0) is 15.2. The number of nitrogens with zero attached hydrogens (tertiary/aromatic N) is 1. The minimum atomic E-state index is -0.411. The highest BCUT2D eigenvalue weighted by Crippen LogP contribution is 2.22. The second-order valence-electron chi connectivity index (χ2n) is 6.02. The third-order valence-electron chi connectivity index (χ3n) is 3.81. The maximum Gasteiger partial charge on any atom is 0.0827 e. The van der Waals surface area contributed by atoms with E-state index in [0.29, 0.717) is 0 Å². The molecule has 0 spiro atoms. The summed E-state index contributed by atoms with van der Waals surface area (Å²) in [7, 11) is 2.11. The Labute approximate surface area is 128 Å². The van der Waals surface area contributed by atoms with E-state index in [-0.39, 0.29) is 5.92 Å². The summed E-state index contributed by atoms with van der Waals surface area (Å²) in [5, 5.41) is 10.4. The second-order valence-corrected chi connectivity index (χ2v) is 6.02. The Morgan fingerprint density at radius 1 is 1.05 bits per heavy atom. The van der Waals surface area contributed by atoms with Gasteiger partial charge in [0.2, 0.25) is 0 Å². The van der Waals surface area contributed by atoms with Crippen molar-refractivity contribution in [1.82, 2.24) is 4.90 Å². The second kappa shape index (κ2) is 7.39. The quantitative estimate of drug-likeness (QED) is 0.871. The summed E-state index contributed by atoms with van der Waals surface area (Å²) < 4.78 is 0. The van der Waals surface area contributed by atoms with Crippen LogP contribution in [0.25, 0.3) is 0 Å². The van der Waals surface area contributed by atoms with Gasteiger partial charge in [-0.25, -0.2) is 0 Å². The molecule has 0 aliphatic heterocycles. The average molecular weight is 283 g/mol. The zero-order valence-corrected chi connectivity index (χ0v) is 13.2. The van der Waals surface area contributed by atoms with Gasteiger partial charge in [-0.15, -0.1) is 0 Å². The molecule has 0 saturated heterocycles. The van der Waals surface area contributed by atoms with Crippen LogP contribution in [0, 0.1) is 12.8 Å². The fraction of sp³-hybridized carbons (Fsp3) is 0.368. The molecule has 2 aromatic rings. The lowest BCUT2D eigenvalue weighted by Gasteiger charge is -2.25. The third-order valence-corrected chi connectivity index (χ3v) is 3.81. The Hall–Kier alpha value is -1.64. The van der Waals surface area contributed by atoms with Gasteiger partial charge in [-0.2, -0.15) is 0 Å². The standard InChI is InChI=1S/C19H25NO/c1-15-8-7-9-17(12-15)14-20(3)13-16(2)19(21)18-10-5-4-6-11-18/h4-12,16,19,21H,13-14H2,1-3H3. The van der Waals surface area contributed by atoms with Crippen LogP contribution >= 0.6 is 0 Å². The van der Waals surface area contributed by atoms with Crippen LogP contribution in [0.2, 0.25) is 0 Å². The highest BCUT2D eigenvalue weighted by molar-refractivity contribution is 5.22. The number of hydrogen-bond acceptors (Lipinski definition) is 2. The van der Waals surface area contributed by atoms with Crippen molar-refractivity contribution in [2.24, 2.45) is 5.92 Å². The molecule has 0 fully saturated rings. The summed E-state index contributed by atoms with van der Waals surface area (Å²) >= 11 is 0. The molecule has 2 rings (SSSR count). The van der Waals surface area contributed by atoms with Gasteiger partial charge < -0.3 is 10.0 Å². The van der Waals surface area contributed by atoms with Gasteiger partial charge in [-0.3, -0.25) is 0 Å². The van der Waals surface area contributed by atoms with Crippen LogP contribution in [0.15, 0.2) is 54.6 Å². The number of rotatable bonds is 6. The number of benzene rings is 2. The first-order valence-corrected chi connectivity index (χ1v) is 7.53. The molecule has 0 saturated carbocycles. The Bertz CT molecular complexity index is 553. The molecule has 0 aromatic heterocycles. The lowest BCUT2D eigenvalue weighted by Crippen LogP contribution is -2.27. The summed E-state index contributed by atoms with van der Waals surface area (Å²) in [6.45, 7) is 5.99. The van der Waals surface area contributed by atoms with Gasteiger partial charge >= 0.3 is 0 Å². The predicted octanol–water partition coefficient (Wildman–Crippen LogP) is 3.80. The van der Waals surface area contributed by atoms with Crippen molar-refractivity contribution in [2.45, 2.75) is 26.5 Å². The van der Waals surface area contributed by atoms with Crippen LogP contribution in [-0.4, -0.2) is 23.6 Å². The smallest absolute Gasteiger partial charge is 0.0827 e. The monoisotopic (exact) mass is 283 g/mol. The van der Waals surface area contributed by atoms with Crippen molar-refractivity contribution in [3.8, 4) is 0 Å². The number of aryl methyl sites for hydroxylation is 1. The first-order chi connectivity index (χ1) is 10.1. The molecule has 2 heteroatoms. The first-order valence-electron chi connectivity index (χ1n) is 7.53. The summed E-state index contributed by atoms with van der Waals surface area (Å²) in [5.41, 5.74) is 3.60. The zero-order valence-electron chi connectivity index (χ0n) is 13.2. The Kier molecular flexibility index (Phi) is 5.54. The SMILES string of the molecule is Cc1cccc(CN(C)CC(C)C(O)c2ccccc2)c1. The van der Waals surface area contributed by atoms with Crippen LogP contribution in [-0.2, 0) is 6.54 Å². The molecule has 2 unspecified atom stereocenters. The van der Waals surface area contributed by atoms with Crippen molar-refractivity contribution >= 4 is 0 Å². The van der Waals surface area contributed by atoms with Gasteiger partial charge in [0, 0.05) is 13.1 Å². The molecule has 1 N–H and O–H groups in total. The molecule has 21 heavy (non-hydrogen) atoms. The van der Waals surface area contributed by atoms with Crippen LogP contribution in [0.4, 0.5) is 0 Å². The van der Waals surface area contributed by atoms with E-state index in [2.05, 4.69) is 50.1 Å². The number of aliphatic hydroxyl groups excluding tert-OH is 1. The lowest BCUT2D eigenvalue weighted by atomic mass is 9.97. The van der Waals surface area contributed by atoms with Gasteiger partial charge in [0.25, 0.3) is 0 Å². The van der Waals surface area contributed by atoms with E-state index < -0.39 is 6.10 Å². The fourth-order valence-electron chi connectivity index (χ4n) is 2.76. The third kappa shape index (κ3) is 4.69. The number of hydrogen-bond donors (Lipinski definition) is 1. The topological polar surface area (TPSA) is 23.5 Å². The molecule has 112 valence electrons. The predicted molar refractivity (Wildman–Crippen MR) is 88.1 cm³/mol. The van der Waals surface area contributed by atoms with Crippen LogP contribution in [0.5, 0.6) is 0 Å². The minimum absolute atomic E-state index is 0.196. The number of aliphatic hydroxyl groups is 1. The van der Waals surface area contributed by atoms with Crippen molar-refractivity contribution in [1.29, 1.82) is 0 Å². The molecule has 0 bridgehead atoms. The summed E-state index contributed by atoms with van der Waals surface area (Å²) in [5.74, 6) is 0.196. The Morgan fingerprint density at radius 2 is 1.76 bits per heavy atom. The van der Waals surface area contributed by atoms with E-state index in [1.165, 1.54) is 11.1 Å². The molecule has 0 aliphatic carbocycles. The van der Waals surface area contributed by atoms with Crippen LogP contribution < -0.4 is 0 Å². The van der Waals surface area contributed by atoms with Gasteiger partial charge in [-0.1, -0.05) is 67.1 Å². The first kappa shape index (κ1) is 15.7.